The van der Waals surface area contributed by atoms with E-state index in [-0.39, 0.29) is 29.5 Å². The van der Waals surface area contributed by atoms with Gasteiger partial charge in [0.2, 0.25) is 5.91 Å². The molecule has 0 aromatic carbocycles. The van der Waals surface area contributed by atoms with Crippen LogP contribution in [0.3, 0.4) is 0 Å². The van der Waals surface area contributed by atoms with Crippen LogP contribution in [0.15, 0.2) is 12.4 Å². The van der Waals surface area contributed by atoms with Crippen molar-refractivity contribution in [3.05, 3.63) is 23.8 Å². The highest BCUT2D eigenvalue weighted by molar-refractivity contribution is 5.92. The molecule has 0 bridgehead atoms. The Morgan fingerprint density at radius 1 is 1.22 bits per heavy atom. The second kappa shape index (κ2) is 9.75. The Bertz CT molecular complexity index is 631. The number of hydrogen-bond acceptors (Lipinski definition) is 6. The first kappa shape index (κ1) is 19.7. The maximum Gasteiger partial charge on any atom is 0.271 e. The molecule has 27 heavy (non-hydrogen) atoms. The molecule has 1 aliphatic heterocycles. The monoisotopic (exact) mass is 375 g/mol. The highest BCUT2D eigenvalue weighted by Crippen LogP contribution is 2.26. The van der Waals surface area contributed by atoms with Crippen LogP contribution in [0.2, 0.25) is 0 Å². The van der Waals surface area contributed by atoms with E-state index in [1.807, 2.05) is 6.92 Å². The lowest BCUT2D eigenvalue weighted by molar-refractivity contribution is -0.125. The van der Waals surface area contributed by atoms with Gasteiger partial charge in [0.1, 0.15) is 5.69 Å². The third kappa shape index (κ3) is 5.71. The SMILES string of the molecule is Cc1cnc(C(=O)N[C@@H]2CCC[C@@H]2C(=O)NCCCN2CCOCC2)cn1. The molecule has 1 saturated heterocycles. The van der Waals surface area contributed by atoms with Crippen LogP contribution in [-0.2, 0) is 9.53 Å². The predicted octanol–water partition coefficient (Wildman–Crippen LogP) is 0.522. The first-order chi connectivity index (χ1) is 13.1. The van der Waals surface area contributed by atoms with E-state index < -0.39 is 0 Å². The fourth-order valence-electron chi connectivity index (χ4n) is 3.67. The molecule has 1 aliphatic carbocycles. The van der Waals surface area contributed by atoms with E-state index in [1.54, 1.807) is 6.20 Å². The topological polar surface area (TPSA) is 96.5 Å². The average molecular weight is 375 g/mol. The van der Waals surface area contributed by atoms with Gasteiger partial charge in [0, 0.05) is 31.9 Å². The molecule has 2 N–H and O–H groups in total. The average Bonchev–Trinajstić information content (AvgIpc) is 3.14. The van der Waals surface area contributed by atoms with Crippen LogP contribution in [0, 0.1) is 12.8 Å². The summed E-state index contributed by atoms with van der Waals surface area (Å²) in [6.07, 6.45) is 6.53. The molecule has 2 amide bonds. The molecule has 1 aromatic heterocycles. The van der Waals surface area contributed by atoms with Gasteiger partial charge < -0.3 is 15.4 Å². The number of ether oxygens (including phenoxy) is 1. The number of aromatic nitrogens is 2. The predicted molar refractivity (Wildman–Crippen MR) is 100 cm³/mol. The summed E-state index contributed by atoms with van der Waals surface area (Å²) in [5, 5.41) is 6.00. The fraction of sp³-hybridized carbons (Fsp3) is 0.684. The van der Waals surface area contributed by atoms with Crippen molar-refractivity contribution in [3.8, 4) is 0 Å². The van der Waals surface area contributed by atoms with Gasteiger partial charge in [0.25, 0.3) is 5.91 Å². The summed E-state index contributed by atoms with van der Waals surface area (Å²) in [4.78, 5) is 35.5. The Morgan fingerprint density at radius 2 is 2.04 bits per heavy atom. The summed E-state index contributed by atoms with van der Waals surface area (Å²) in [6, 6.07) is -0.139. The van der Waals surface area contributed by atoms with Gasteiger partial charge in [-0.1, -0.05) is 6.42 Å². The number of aryl methyl sites for hydroxylation is 1. The second-order valence-electron chi connectivity index (χ2n) is 7.26. The third-order valence-corrected chi connectivity index (χ3v) is 5.24. The molecular weight excluding hydrogens is 346 g/mol. The minimum atomic E-state index is -0.264. The van der Waals surface area contributed by atoms with Crippen molar-refractivity contribution in [2.24, 2.45) is 5.92 Å². The molecule has 2 heterocycles. The van der Waals surface area contributed by atoms with E-state index in [2.05, 4.69) is 25.5 Å². The molecule has 1 aromatic rings. The summed E-state index contributed by atoms with van der Waals surface area (Å²) >= 11 is 0. The molecule has 148 valence electrons. The van der Waals surface area contributed by atoms with Crippen molar-refractivity contribution < 1.29 is 14.3 Å². The largest absolute Gasteiger partial charge is 0.379 e. The van der Waals surface area contributed by atoms with E-state index in [4.69, 9.17) is 4.74 Å². The van der Waals surface area contributed by atoms with Gasteiger partial charge in [-0.15, -0.1) is 0 Å². The summed E-state index contributed by atoms with van der Waals surface area (Å²) in [5.41, 5.74) is 1.05. The second-order valence-corrected chi connectivity index (χ2v) is 7.26. The van der Waals surface area contributed by atoms with Gasteiger partial charge in [0.15, 0.2) is 0 Å². The highest BCUT2D eigenvalue weighted by Gasteiger charge is 2.34. The van der Waals surface area contributed by atoms with Gasteiger partial charge in [-0.05, 0) is 32.7 Å². The molecule has 1 saturated carbocycles. The van der Waals surface area contributed by atoms with Gasteiger partial charge in [-0.25, -0.2) is 4.98 Å². The van der Waals surface area contributed by atoms with Crippen LogP contribution in [0.25, 0.3) is 0 Å². The number of hydrogen-bond donors (Lipinski definition) is 2. The molecule has 8 nitrogen and oxygen atoms in total. The van der Waals surface area contributed by atoms with Crippen LogP contribution >= 0.6 is 0 Å². The number of amides is 2. The lowest BCUT2D eigenvalue weighted by Crippen LogP contribution is -2.44. The lowest BCUT2D eigenvalue weighted by atomic mass is 10.0. The van der Waals surface area contributed by atoms with Crippen molar-refractivity contribution in [3.63, 3.8) is 0 Å². The first-order valence-corrected chi connectivity index (χ1v) is 9.81. The standard InChI is InChI=1S/C19H29N5O3/c1-14-12-22-17(13-21-14)19(26)23-16-5-2-4-15(16)18(25)20-6-3-7-24-8-10-27-11-9-24/h12-13,15-16H,2-11H2,1H3,(H,20,25)(H,23,26)/t15-,16+/m0/s1. The zero-order valence-electron chi connectivity index (χ0n) is 15.9. The van der Waals surface area contributed by atoms with E-state index in [1.165, 1.54) is 6.20 Å². The van der Waals surface area contributed by atoms with Gasteiger partial charge >= 0.3 is 0 Å². The zero-order valence-corrected chi connectivity index (χ0v) is 15.9. The van der Waals surface area contributed by atoms with E-state index in [9.17, 15) is 9.59 Å². The highest BCUT2D eigenvalue weighted by atomic mass is 16.5. The van der Waals surface area contributed by atoms with E-state index >= 15 is 0 Å². The van der Waals surface area contributed by atoms with Crippen molar-refractivity contribution in [1.82, 2.24) is 25.5 Å². The fourth-order valence-corrected chi connectivity index (χ4v) is 3.67. The summed E-state index contributed by atoms with van der Waals surface area (Å²) in [6.45, 7) is 6.98. The minimum absolute atomic E-state index is 0.0368. The van der Waals surface area contributed by atoms with Crippen molar-refractivity contribution in [2.45, 2.75) is 38.6 Å². The van der Waals surface area contributed by atoms with E-state index in [0.29, 0.717) is 6.54 Å². The Hall–Kier alpha value is -2.06. The van der Waals surface area contributed by atoms with Gasteiger partial charge in [-0.2, -0.15) is 0 Å². The van der Waals surface area contributed by atoms with Crippen LogP contribution in [0.4, 0.5) is 0 Å². The molecule has 0 radical (unpaired) electrons. The van der Waals surface area contributed by atoms with Gasteiger partial charge in [-0.3, -0.25) is 19.5 Å². The minimum Gasteiger partial charge on any atom is -0.379 e. The quantitative estimate of drug-likeness (QED) is 0.675. The smallest absolute Gasteiger partial charge is 0.271 e. The number of rotatable bonds is 7. The normalized spacial score (nSPS) is 23.1. The summed E-state index contributed by atoms with van der Waals surface area (Å²) in [5.74, 6) is -0.398. The van der Waals surface area contributed by atoms with Gasteiger partial charge in [0.05, 0.1) is 31.0 Å². The number of carbonyl (C=O) groups excluding carboxylic acids is 2. The lowest BCUT2D eigenvalue weighted by Gasteiger charge is -2.26. The maximum absolute atomic E-state index is 12.5. The Kier molecular flexibility index (Phi) is 7.11. The molecule has 2 aliphatic rings. The van der Waals surface area contributed by atoms with Crippen LogP contribution in [-0.4, -0.2) is 72.1 Å². The molecule has 0 unspecified atom stereocenters. The van der Waals surface area contributed by atoms with Crippen molar-refractivity contribution >= 4 is 11.8 Å². The maximum atomic E-state index is 12.5. The van der Waals surface area contributed by atoms with Crippen molar-refractivity contribution in [1.29, 1.82) is 0 Å². The van der Waals surface area contributed by atoms with Crippen molar-refractivity contribution in [2.75, 3.05) is 39.4 Å². The molecule has 0 spiro atoms. The summed E-state index contributed by atoms with van der Waals surface area (Å²) < 4.78 is 5.34. The van der Waals surface area contributed by atoms with E-state index in [0.717, 1.165) is 64.2 Å². The van der Waals surface area contributed by atoms with Crippen LogP contribution in [0.1, 0.15) is 41.9 Å². The van der Waals surface area contributed by atoms with Crippen LogP contribution in [0.5, 0.6) is 0 Å². The first-order valence-electron chi connectivity index (χ1n) is 9.81. The molecule has 8 heteroatoms. The number of nitrogens with one attached hydrogen (secondary N) is 2. The Morgan fingerprint density at radius 3 is 2.78 bits per heavy atom. The Balaban J connectivity index is 1.42. The number of nitrogens with zero attached hydrogens (tertiary/aromatic N) is 3. The molecule has 2 atom stereocenters. The summed E-state index contributed by atoms with van der Waals surface area (Å²) in [7, 11) is 0. The number of carbonyl (C=O) groups is 2. The van der Waals surface area contributed by atoms with Crippen LogP contribution < -0.4 is 10.6 Å². The third-order valence-electron chi connectivity index (χ3n) is 5.24. The molecule has 3 rings (SSSR count). The molecule has 2 fully saturated rings. The Labute approximate surface area is 160 Å². The zero-order chi connectivity index (χ0) is 19.1. The molecular formula is C19H29N5O3. The number of morpholine rings is 1.